The lowest BCUT2D eigenvalue weighted by atomic mass is 9.94. The minimum atomic E-state index is -3.95. The molecule has 6 atom stereocenters. The maximum atomic E-state index is 14.9. The number of rotatable bonds is 12. The fourth-order valence-corrected chi connectivity index (χ4v) is 13.2. The molecule has 13 nitrogen and oxygen atoms in total. The molecule has 4 fully saturated rings. The second-order valence-corrected chi connectivity index (χ2v) is 21.4. The molecule has 0 radical (unpaired) electrons. The van der Waals surface area contributed by atoms with E-state index in [-0.39, 0.29) is 67.7 Å². The van der Waals surface area contributed by atoms with Gasteiger partial charge in [-0.2, -0.15) is 0 Å². The molecule has 2 aliphatic carbocycles. The van der Waals surface area contributed by atoms with Gasteiger partial charge in [-0.25, -0.2) is 9.97 Å². The number of esters is 1. The summed E-state index contributed by atoms with van der Waals surface area (Å²) < 4.78 is 38.3. The van der Waals surface area contributed by atoms with E-state index in [4.69, 9.17) is 28.6 Å². The summed E-state index contributed by atoms with van der Waals surface area (Å²) in [5.74, 6) is -0.0856. The van der Waals surface area contributed by atoms with E-state index in [9.17, 15) is 23.8 Å². The predicted molar refractivity (Wildman–Crippen MR) is 234 cm³/mol. The van der Waals surface area contributed by atoms with Crippen LogP contribution in [-0.4, -0.2) is 80.5 Å². The molecule has 0 spiro atoms. The monoisotopic (exact) mass is 874 g/mol. The zero-order chi connectivity index (χ0) is 42.7. The molecule has 5 heterocycles. The summed E-state index contributed by atoms with van der Waals surface area (Å²) in [5, 5.41) is 5.70. The quantitative estimate of drug-likeness (QED) is 0.102. The molecule has 2 aliphatic heterocycles. The van der Waals surface area contributed by atoms with Gasteiger partial charge in [-0.1, -0.05) is 32.1 Å². The average Bonchev–Trinajstić information content (AvgIpc) is 3.86. The minimum Gasteiger partial charge on any atom is -0.497 e. The second kappa shape index (κ2) is 18.6. The highest BCUT2D eigenvalue weighted by Crippen LogP contribution is 2.75. The number of pyridine rings is 1. The number of amides is 1. The van der Waals surface area contributed by atoms with Crippen molar-refractivity contribution < 1.29 is 42.5 Å². The fourth-order valence-electron chi connectivity index (χ4n) is 9.85. The number of thiazole rings is 1. The predicted octanol–water partition coefficient (Wildman–Crippen LogP) is 9.55. The highest BCUT2D eigenvalue weighted by atomic mass is 32.1. The van der Waals surface area contributed by atoms with E-state index < -0.39 is 30.6 Å². The van der Waals surface area contributed by atoms with E-state index in [0.717, 1.165) is 74.7 Å². The van der Waals surface area contributed by atoms with Gasteiger partial charge in [0, 0.05) is 47.7 Å². The number of carbonyl (C=O) groups excluding carboxylic acids is 3. The number of Topliss-reactive ketones (excluding diaryl/α,β-unsaturated/α-hetero) is 1. The lowest BCUT2D eigenvalue weighted by Gasteiger charge is -2.30. The molecule has 328 valence electrons. The maximum Gasteiger partial charge on any atom is 0.306 e. The second-order valence-electron chi connectivity index (χ2n) is 17.9. The molecule has 2 saturated heterocycles. The molecule has 8 rings (SSSR count). The number of anilines is 1. The molecule has 4 aromatic rings. The molecular weight excluding hydrogens is 816 g/mol. The van der Waals surface area contributed by atoms with Crippen molar-refractivity contribution in [3.63, 3.8) is 0 Å². The number of methoxy groups -OCH3 is 1. The van der Waals surface area contributed by atoms with Gasteiger partial charge < -0.3 is 33.7 Å². The number of hydrogen-bond donors (Lipinski definition) is 2. The van der Waals surface area contributed by atoms with Crippen LogP contribution in [0.15, 0.2) is 52.5 Å². The van der Waals surface area contributed by atoms with E-state index in [1.54, 1.807) is 24.1 Å². The van der Waals surface area contributed by atoms with E-state index in [2.05, 4.69) is 19.2 Å². The van der Waals surface area contributed by atoms with Crippen molar-refractivity contribution in [3.8, 4) is 22.9 Å². The normalized spacial score (nSPS) is 26.3. The molecule has 2 N–H and O–H groups in total. The average molecular weight is 875 g/mol. The summed E-state index contributed by atoms with van der Waals surface area (Å²) in [6.45, 7) is 4.21. The zero-order valence-corrected chi connectivity index (χ0v) is 37.2. The van der Waals surface area contributed by atoms with Crippen LogP contribution < -0.4 is 14.8 Å². The lowest BCUT2D eigenvalue weighted by molar-refractivity contribution is -0.154. The number of nitrogens with zero attached hydrogens (tertiary/aromatic N) is 3. The van der Waals surface area contributed by atoms with Crippen molar-refractivity contribution >= 4 is 52.4 Å². The van der Waals surface area contributed by atoms with Gasteiger partial charge >= 0.3 is 5.97 Å². The molecule has 1 aromatic carbocycles. The molecule has 61 heavy (non-hydrogen) atoms. The number of nitrogens with one attached hydrogen (secondary N) is 1. The number of fused-ring (bicyclic) bond motifs is 3. The summed E-state index contributed by atoms with van der Waals surface area (Å²) in [7, 11) is -2.35. The van der Waals surface area contributed by atoms with Gasteiger partial charge in [0.1, 0.15) is 35.2 Å². The Kier molecular flexibility index (Phi) is 13.2. The van der Waals surface area contributed by atoms with Gasteiger partial charge in [-0.15, -0.1) is 11.3 Å². The molecular formula is C46H59N4O9PS. The fraction of sp³-hybridized carbons (Fsp3) is 0.587. The first-order chi connectivity index (χ1) is 29.4. The maximum absolute atomic E-state index is 14.9. The Labute approximate surface area is 361 Å². The van der Waals surface area contributed by atoms with Gasteiger partial charge in [-0.3, -0.25) is 18.9 Å². The van der Waals surface area contributed by atoms with Crippen LogP contribution in [0.25, 0.3) is 22.3 Å². The SMILES string of the molecule is COc1ccc2c(O[C@@H]3C[C@H]4C(=O)C[C@]5(P(=O)(O)Cc6ccco6)C[C@@H]5CCCCCCCC(CC(=O)OC5CCCC5)C(=O)N4C3)cc(-c3csc(NC(C)C)n3)nc2c1. The summed E-state index contributed by atoms with van der Waals surface area (Å²) >= 11 is 1.49. The molecule has 3 aromatic heterocycles. The van der Waals surface area contributed by atoms with Crippen molar-refractivity contribution in [1.29, 1.82) is 0 Å². The number of aromatic nitrogens is 2. The van der Waals surface area contributed by atoms with Crippen molar-refractivity contribution in [1.82, 2.24) is 14.9 Å². The Morgan fingerprint density at radius 2 is 1.79 bits per heavy atom. The van der Waals surface area contributed by atoms with Crippen LogP contribution in [0, 0.1) is 11.8 Å². The summed E-state index contributed by atoms with van der Waals surface area (Å²) in [6.07, 6.45) is 10.6. The largest absolute Gasteiger partial charge is 0.497 e. The highest BCUT2D eigenvalue weighted by molar-refractivity contribution is 7.59. The Morgan fingerprint density at radius 3 is 2.54 bits per heavy atom. The number of furan rings is 1. The number of benzene rings is 1. The Bertz CT molecular complexity index is 2240. The van der Waals surface area contributed by atoms with Crippen LogP contribution in [0.2, 0.25) is 0 Å². The van der Waals surface area contributed by atoms with E-state index in [0.29, 0.717) is 47.0 Å². The number of carbonyl (C=O) groups is 3. The van der Waals surface area contributed by atoms with Crippen molar-refractivity contribution in [2.45, 2.75) is 146 Å². The molecule has 2 saturated carbocycles. The van der Waals surface area contributed by atoms with Crippen molar-refractivity contribution in [2.24, 2.45) is 11.8 Å². The third kappa shape index (κ3) is 9.87. The smallest absolute Gasteiger partial charge is 0.306 e. The van der Waals surface area contributed by atoms with E-state index >= 15 is 0 Å². The Hall–Kier alpha value is -4.26. The van der Waals surface area contributed by atoms with Crippen LogP contribution >= 0.6 is 18.7 Å². The first-order valence-electron chi connectivity index (χ1n) is 22.2. The third-order valence-corrected chi connectivity index (χ3v) is 16.8. The number of ketones is 1. The van der Waals surface area contributed by atoms with Crippen LogP contribution in [0.3, 0.4) is 0 Å². The van der Waals surface area contributed by atoms with Crippen LogP contribution in [-0.2, 0) is 29.8 Å². The van der Waals surface area contributed by atoms with Crippen LogP contribution in [0.4, 0.5) is 5.13 Å². The first kappa shape index (κ1) is 43.4. The standard InChI is InChI=1S/C46H59N4O9PS/c1-29(2)47-45-49-39(28-61-45)38-23-42(36-18-17-33(56-3)21-37(36)48-38)58-35-22-40-41(51)25-46(60(54,55)27-34-16-11-19-57-34)24-31(46)13-8-6-4-5-7-12-30(44(53)50(40)26-35)20-43(52)59-32-14-9-10-15-32/h11,16-19,21,23,28-32,35,40H,4-10,12-15,20,22,24-27H2,1-3H3,(H,47,49)(H,54,55)/t30?,31-,35+,40-,46+/m0/s1. The third-order valence-electron chi connectivity index (χ3n) is 13.2. The Balaban J connectivity index is 1.12. The number of hydrogen-bond acceptors (Lipinski definition) is 12. The number of ether oxygens (including phenoxy) is 3. The van der Waals surface area contributed by atoms with Gasteiger partial charge in [0.2, 0.25) is 13.3 Å². The van der Waals surface area contributed by atoms with E-state index in [1.807, 2.05) is 29.6 Å². The van der Waals surface area contributed by atoms with Gasteiger partial charge in [0.25, 0.3) is 0 Å². The highest BCUT2D eigenvalue weighted by Gasteiger charge is 2.66. The van der Waals surface area contributed by atoms with Gasteiger partial charge in [0.05, 0.1) is 54.9 Å². The first-order valence-corrected chi connectivity index (χ1v) is 24.9. The molecule has 2 unspecified atom stereocenters. The Morgan fingerprint density at radius 1 is 1.02 bits per heavy atom. The van der Waals surface area contributed by atoms with Gasteiger partial charge in [0.15, 0.2) is 10.9 Å². The van der Waals surface area contributed by atoms with Crippen molar-refractivity contribution in [3.05, 3.63) is 53.8 Å². The molecule has 1 amide bonds. The molecule has 4 aliphatic rings. The van der Waals surface area contributed by atoms with Crippen LogP contribution in [0.5, 0.6) is 11.5 Å². The topological polar surface area (TPSA) is 170 Å². The summed E-state index contributed by atoms with van der Waals surface area (Å²) in [4.78, 5) is 66.4. The summed E-state index contributed by atoms with van der Waals surface area (Å²) in [6, 6.07) is 10.1. The summed E-state index contributed by atoms with van der Waals surface area (Å²) in [5.41, 5.74) is 1.91. The lowest BCUT2D eigenvalue weighted by Crippen LogP contribution is -2.45. The van der Waals surface area contributed by atoms with E-state index in [1.165, 1.54) is 17.6 Å². The zero-order valence-electron chi connectivity index (χ0n) is 35.5. The molecule has 15 heteroatoms. The van der Waals surface area contributed by atoms with Gasteiger partial charge in [-0.05, 0) is 89.0 Å². The minimum absolute atomic E-state index is 0.0548. The molecule has 0 bridgehead atoms. The van der Waals surface area contributed by atoms with Crippen molar-refractivity contribution in [2.75, 3.05) is 19.0 Å². The van der Waals surface area contributed by atoms with Crippen LogP contribution in [0.1, 0.15) is 116 Å².